The SMILES string of the molecule is Cc1nc(C(=O)NCCC(=O)Nc2ccc(C3CCC(CC(=O)O)CC3)cc2)c(C(F)(F)F)o1. The summed E-state index contributed by atoms with van der Waals surface area (Å²) in [4.78, 5) is 38.5. The molecule has 0 atom stereocenters. The molecule has 34 heavy (non-hydrogen) atoms. The topological polar surface area (TPSA) is 122 Å². The highest BCUT2D eigenvalue weighted by Gasteiger charge is 2.41. The van der Waals surface area contributed by atoms with Crippen LogP contribution in [0.3, 0.4) is 0 Å². The number of rotatable bonds is 8. The number of aryl methyl sites for hydroxylation is 1. The maximum Gasteiger partial charge on any atom is 0.452 e. The normalized spacial score (nSPS) is 18.4. The Bertz CT molecular complexity index is 1030. The van der Waals surface area contributed by atoms with Gasteiger partial charge in [-0.3, -0.25) is 14.4 Å². The predicted molar refractivity (Wildman–Crippen MR) is 115 cm³/mol. The van der Waals surface area contributed by atoms with Crippen LogP contribution in [0.5, 0.6) is 0 Å². The first-order valence-corrected chi connectivity index (χ1v) is 11.0. The average Bonchev–Trinajstić information content (AvgIpc) is 3.17. The molecule has 184 valence electrons. The Labute approximate surface area is 193 Å². The summed E-state index contributed by atoms with van der Waals surface area (Å²) >= 11 is 0. The first kappa shape index (κ1) is 25.3. The molecule has 2 amide bonds. The van der Waals surface area contributed by atoms with Gasteiger partial charge in [0.15, 0.2) is 11.6 Å². The molecular weight excluding hydrogens is 455 g/mol. The molecule has 0 radical (unpaired) electrons. The molecule has 1 aromatic heterocycles. The summed E-state index contributed by atoms with van der Waals surface area (Å²) in [6.07, 6.45) is -1.19. The number of aliphatic carboxylic acids is 1. The van der Waals surface area contributed by atoms with Crippen molar-refractivity contribution in [2.45, 2.75) is 57.5 Å². The molecule has 11 heteroatoms. The van der Waals surface area contributed by atoms with Crippen molar-refractivity contribution in [2.24, 2.45) is 5.92 Å². The van der Waals surface area contributed by atoms with E-state index in [0.29, 0.717) is 11.6 Å². The number of aromatic nitrogens is 1. The second-order valence-electron chi connectivity index (χ2n) is 8.40. The zero-order valence-corrected chi connectivity index (χ0v) is 18.6. The van der Waals surface area contributed by atoms with E-state index < -0.39 is 35.4 Å². The Morgan fingerprint density at radius 2 is 1.76 bits per heavy atom. The predicted octanol–water partition coefficient (Wildman–Crippen LogP) is 4.51. The van der Waals surface area contributed by atoms with Crippen LogP contribution in [0.25, 0.3) is 0 Å². The lowest BCUT2D eigenvalue weighted by atomic mass is 9.77. The van der Waals surface area contributed by atoms with Crippen LogP contribution >= 0.6 is 0 Å². The third kappa shape index (κ3) is 6.82. The van der Waals surface area contributed by atoms with E-state index in [1.54, 1.807) is 12.1 Å². The number of halogens is 3. The Hall–Kier alpha value is -3.37. The molecular formula is C23H26F3N3O5. The Balaban J connectivity index is 1.44. The zero-order valence-electron chi connectivity index (χ0n) is 18.6. The van der Waals surface area contributed by atoms with Gasteiger partial charge in [-0.2, -0.15) is 13.2 Å². The van der Waals surface area contributed by atoms with Gasteiger partial charge in [0.25, 0.3) is 5.91 Å². The van der Waals surface area contributed by atoms with E-state index in [2.05, 4.69) is 20.0 Å². The number of carbonyl (C=O) groups excluding carboxylic acids is 2. The van der Waals surface area contributed by atoms with Gasteiger partial charge in [0, 0.05) is 32.0 Å². The molecule has 0 saturated heterocycles. The molecule has 3 N–H and O–H groups in total. The molecule has 0 spiro atoms. The smallest absolute Gasteiger partial charge is 0.452 e. The molecule has 1 aromatic carbocycles. The third-order valence-corrected chi connectivity index (χ3v) is 5.82. The van der Waals surface area contributed by atoms with Crippen molar-refractivity contribution in [3.8, 4) is 0 Å². The van der Waals surface area contributed by atoms with Gasteiger partial charge in [-0.1, -0.05) is 12.1 Å². The van der Waals surface area contributed by atoms with Crippen molar-refractivity contribution in [3.63, 3.8) is 0 Å². The largest absolute Gasteiger partial charge is 0.481 e. The van der Waals surface area contributed by atoms with Gasteiger partial charge in [-0.25, -0.2) is 4.98 Å². The van der Waals surface area contributed by atoms with E-state index in [4.69, 9.17) is 5.11 Å². The number of hydrogen-bond acceptors (Lipinski definition) is 5. The van der Waals surface area contributed by atoms with Gasteiger partial charge in [0.05, 0.1) is 0 Å². The van der Waals surface area contributed by atoms with E-state index in [-0.39, 0.29) is 31.2 Å². The van der Waals surface area contributed by atoms with Crippen LogP contribution in [0.1, 0.15) is 72.1 Å². The van der Waals surface area contributed by atoms with Crippen molar-refractivity contribution >= 4 is 23.5 Å². The minimum atomic E-state index is -4.85. The summed E-state index contributed by atoms with van der Waals surface area (Å²) in [5, 5.41) is 13.9. The first-order valence-electron chi connectivity index (χ1n) is 11.0. The summed E-state index contributed by atoms with van der Waals surface area (Å²) in [6.45, 7) is 1.03. The van der Waals surface area contributed by atoms with Crippen molar-refractivity contribution in [1.29, 1.82) is 0 Å². The van der Waals surface area contributed by atoms with Gasteiger partial charge >= 0.3 is 12.1 Å². The molecule has 1 fully saturated rings. The van der Waals surface area contributed by atoms with Gasteiger partial charge in [0.1, 0.15) is 0 Å². The first-order chi connectivity index (χ1) is 16.0. The van der Waals surface area contributed by atoms with Crippen molar-refractivity contribution < 1.29 is 37.1 Å². The number of oxazole rings is 1. The zero-order chi connectivity index (χ0) is 24.9. The molecule has 2 aromatic rings. The van der Waals surface area contributed by atoms with Gasteiger partial charge in [-0.15, -0.1) is 0 Å². The molecule has 0 bridgehead atoms. The highest BCUT2D eigenvalue weighted by atomic mass is 19.4. The van der Waals surface area contributed by atoms with E-state index in [0.717, 1.165) is 31.2 Å². The van der Waals surface area contributed by atoms with Crippen LogP contribution in [0, 0.1) is 12.8 Å². The van der Waals surface area contributed by atoms with E-state index in [1.165, 1.54) is 6.92 Å². The van der Waals surface area contributed by atoms with Crippen LogP contribution in [-0.2, 0) is 15.8 Å². The standard InChI is InChI=1S/C23H26F3N3O5/c1-13-28-20(21(34-13)23(24,25)26)22(33)27-11-10-18(30)29-17-8-6-16(7-9-17)15-4-2-14(3-5-15)12-19(31)32/h6-9,14-15H,2-5,10-12H2,1H3,(H,27,33)(H,29,30)(H,31,32). The fourth-order valence-corrected chi connectivity index (χ4v) is 4.16. The molecule has 0 aliphatic heterocycles. The van der Waals surface area contributed by atoms with Gasteiger partial charge in [-0.05, 0) is 55.2 Å². The monoisotopic (exact) mass is 481 g/mol. The van der Waals surface area contributed by atoms with Gasteiger partial charge < -0.3 is 20.2 Å². The molecule has 3 rings (SSSR count). The summed E-state index contributed by atoms with van der Waals surface area (Å²) in [5.41, 5.74) is 0.825. The molecule has 1 aliphatic rings. The second-order valence-corrected chi connectivity index (χ2v) is 8.40. The van der Waals surface area contributed by atoms with Crippen molar-refractivity contribution in [3.05, 3.63) is 47.2 Å². The number of amides is 2. The highest BCUT2D eigenvalue weighted by Crippen LogP contribution is 2.37. The summed E-state index contributed by atoms with van der Waals surface area (Å²) in [5.74, 6) is -3.42. The quantitative estimate of drug-likeness (QED) is 0.510. The number of alkyl halides is 3. The lowest BCUT2D eigenvalue weighted by Crippen LogP contribution is -2.29. The number of carboxylic acids is 1. The molecule has 1 aliphatic carbocycles. The lowest BCUT2D eigenvalue weighted by Gasteiger charge is -2.28. The number of benzene rings is 1. The minimum absolute atomic E-state index is 0.140. The maximum atomic E-state index is 12.9. The minimum Gasteiger partial charge on any atom is -0.481 e. The van der Waals surface area contributed by atoms with E-state index >= 15 is 0 Å². The van der Waals surface area contributed by atoms with Crippen LogP contribution < -0.4 is 10.6 Å². The van der Waals surface area contributed by atoms with Crippen LogP contribution in [0.15, 0.2) is 28.7 Å². The van der Waals surface area contributed by atoms with E-state index in [1.807, 2.05) is 12.1 Å². The molecule has 0 unspecified atom stereocenters. The number of carbonyl (C=O) groups is 3. The van der Waals surface area contributed by atoms with Crippen LogP contribution in [0.4, 0.5) is 18.9 Å². The van der Waals surface area contributed by atoms with Crippen LogP contribution in [0.2, 0.25) is 0 Å². The third-order valence-electron chi connectivity index (χ3n) is 5.82. The number of carboxylic acid groups (broad SMARTS) is 1. The lowest BCUT2D eigenvalue weighted by molar-refractivity contribution is -0.153. The molecule has 8 nitrogen and oxygen atoms in total. The number of nitrogens with zero attached hydrogens (tertiary/aromatic N) is 1. The van der Waals surface area contributed by atoms with Crippen molar-refractivity contribution in [2.75, 3.05) is 11.9 Å². The summed E-state index contributed by atoms with van der Waals surface area (Å²) in [6, 6.07) is 7.38. The fourth-order valence-electron chi connectivity index (χ4n) is 4.16. The Morgan fingerprint density at radius 1 is 1.12 bits per heavy atom. The van der Waals surface area contributed by atoms with Gasteiger partial charge in [0.2, 0.25) is 11.7 Å². The van der Waals surface area contributed by atoms with E-state index in [9.17, 15) is 27.6 Å². The number of hydrogen-bond donors (Lipinski definition) is 3. The fraction of sp³-hybridized carbons (Fsp3) is 0.478. The summed E-state index contributed by atoms with van der Waals surface area (Å²) in [7, 11) is 0. The molecule has 1 heterocycles. The number of nitrogens with one attached hydrogen (secondary N) is 2. The molecule has 1 saturated carbocycles. The Kier molecular flexibility index (Phi) is 7.95. The maximum absolute atomic E-state index is 12.9. The highest BCUT2D eigenvalue weighted by molar-refractivity contribution is 5.94. The summed E-state index contributed by atoms with van der Waals surface area (Å²) < 4.78 is 43.3. The Morgan fingerprint density at radius 3 is 2.35 bits per heavy atom. The number of anilines is 1. The van der Waals surface area contributed by atoms with Crippen LogP contribution in [-0.4, -0.2) is 34.4 Å². The average molecular weight is 481 g/mol. The second kappa shape index (κ2) is 10.7. The van der Waals surface area contributed by atoms with Crippen molar-refractivity contribution in [1.82, 2.24) is 10.3 Å².